The molecule has 126 valence electrons. The van der Waals surface area contributed by atoms with Gasteiger partial charge in [0.2, 0.25) is 11.6 Å². The summed E-state index contributed by atoms with van der Waals surface area (Å²) in [5.41, 5.74) is -3.16. The van der Waals surface area contributed by atoms with Crippen LogP contribution in [0.2, 0.25) is 0 Å². The number of rotatable bonds is 4. The van der Waals surface area contributed by atoms with Gasteiger partial charge in [-0.15, -0.1) is 0 Å². The van der Waals surface area contributed by atoms with E-state index in [1.165, 1.54) is 24.3 Å². The predicted molar refractivity (Wildman–Crippen MR) is 75.7 cm³/mol. The van der Waals surface area contributed by atoms with E-state index in [1.54, 1.807) is 0 Å². The summed E-state index contributed by atoms with van der Waals surface area (Å²) in [4.78, 5) is 20.7. The van der Waals surface area contributed by atoms with Crippen LogP contribution in [0.1, 0.15) is 10.4 Å². The van der Waals surface area contributed by atoms with Crippen molar-refractivity contribution in [3.8, 4) is 5.75 Å². The summed E-state index contributed by atoms with van der Waals surface area (Å²) in [5, 5.41) is 22.3. The smallest absolute Gasteiger partial charge is 0.347 e. The number of nitro groups is 1. The normalized spacial score (nSPS) is 10.3. The molecule has 0 aliphatic carbocycles. The van der Waals surface area contributed by atoms with Crippen LogP contribution in [0.3, 0.4) is 0 Å². The Hall–Kier alpha value is -3.30. The molecule has 0 unspecified atom stereocenters. The van der Waals surface area contributed by atoms with Gasteiger partial charge in [0.25, 0.3) is 0 Å². The molecule has 0 amide bonds. The van der Waals surface area contributed by atoms with Gasteiger partial charge in [-0.2, -0.15) is 8.78 Å². The number of ether oxygens (including phenoxy) is 1. The van der Waals surface area contributed by atoms with Crippen molar-refractivity contribution >= 4 is 23.0 Å². The summed E-state index contributed by atoms with van der Waals surface area (Å²) in [6.45, 7) is 0. The number of anilines is 2. The highest BCUT2D eigenvalue weighted by molar-refractivity contribution is 5.96. The minimum atomic E-state index is -2.09. The number of nitrogens with zero attached hydrogens (tertiary/aromatic N) is 1. The Labute approximate surface area is 132 Å². The van der Waals surface area contributed by atoms with Crippen LogP contribution in [-0.4, -0.2) is 23.1 Å². The molecule has 0 heterocycles. The fraction of sp³-hybridized carbons (Fsp3) is 0.0714. The van der Waals surface area contributed by atoms with Gasteiger partial charge in [0.05, 0.1) is 23.3 Å². The second-order valence-electron chi connectivity index (χ2n) is 4.43. The summed E-state index contributed by atoms with van der Waals surface area (Å²) in [5.74, 6) is -8.24. The van der Waals surface area contributed by atoms with Crippen LogP contribution < -0.4 is 5.32 Å². The SMILES string of the molecule is COC(=O)c1ccccc1Nc1c(O)c(F)c([N+](=O)[O-])c(F)c1F. The van der Waals surface area contributed by atoms with Gasteiger partial charge >= 0.3 is 11.7 Å². The van der Waals surface area contributed by atoms with Gasteiger partial charge in [-0.1, -0.05) is 12.1 Å². The number of benzene rings is 2. The largest absolute Gasteiger partial charge is 0.503 e. The number of hydrogen-bond donors (Lipinski definition) is 2. The van der Waals surface area contributed by atoms with Crippen molar-refractivity contribution in [3.05, 3.63) is 57.4 Å². The van der Waals surface area contributed by atoms with Crippen molar-refractivity contribution in [2.24, 2.45) is 0 Å². The van der Waals surface area contributed by atoms with E-state index < -0.39 is 45.5 Å². The molecule has 0 saturated heterocycles. The highest BCUT2D eigenvalue weighted by Gasteiger charge is 2.33. The third kappa shape index (κ3) is 2.81. The zero-order chi connectivity index (χ0) is 18.0. The first kappa shape index (κ1) is 17.1. The molecule has 0 bridgehead atoms. The number of hydrogen-bond acceptors (Lipinski definition) is 6. The van der Waals surface area contributed by atoms with E-state index in [0.29, 0.717) is 0 Å². The van der Waals surface area contributed by atoms with Crippen LogP contribution in [0, 0.1) is 27.6 Å². The molecule has 2 aromatic rings. The Morgan fingerprint density at radius 2 is 1.83 bits per heavy atom. The molecule has 0 spiro atoms. The number of para-hydroxylation sites is 1. The number of phenols is 1. The molecule has 2 N–H and O–H groups in total. The Kier molecular flexibility index (Phi) is 4.58. The molecule has 0 aliphatic rings. The molecule has 0 aromatic heterocycles. The number of carbonyl (C=O) groups is 1. The Morgan fingerprint density at radius 3 is 2.42 bits per heavy atom. The van der Waals surface area contributed by atoms with Crippen molar-refractivity contribution in [3.63, 3.8) is 0 Å². The first-order valence-electron chi connectivity index (χ1n) is 6.27. The van der Waals surface area contributed by atoms with E-state index in [2.05, 4.69) is 10.1 Å². The van der Waals surface area contributed by atoms with Gasteiger partial charge in [-0.3, -0.25) is 10.1 Å². The quantitative estimate of drug-likeness (QED) is 0.291. The van der Waals surface area contributed by atoms with Gasteiger partial charge in [0.15, 0.2) is 11.6 Å². The molecule has 7 nitrogen and oxygen atoms in total. The van der Waals surface area contributed by atoms with E-state index in [9.17, 15) is 33.2 Å². The maximum Gasteiger partial charge on any atom is 0.347 e. The average Bonchev–Trinajstić information content (AvgIpc) is 2.56. The van der Waals surface area contributed by atoms with E-state index in [1.807, 2.05) is 0 Å². The van der Waals surface area contributed by atoms with Crippen LogP contribution in [0.5, 0.6) is 5.75 Å². The lowest BCUT2D eigenvalue weighted by molar-refractivity contribution is -0.390. The minimum Gasteiger partial charge on any atom is -0.503 e. The molecule has 2 rings (SSSR count). The first-order chi connectivity index (χ1) is 11.3. The number of nitro benzene ring substituents is 1. The van der Waals surface area contributed by atoms with Crippen molar-refractivity contribution in [1.29, 1.82) is 0 Å². The zero-order valence-corrected chi connectivity index (χ0v) is 12.0. The maximum atomic E-state index is 14.0. The van der Waals surface area contributed by atoms with Crippen molar-refractivity contribution < 1.29 is 32.7 Å². The number of methoxy groups -OCH3 is 1. The van der Waals surface area contributed by atoms with E-state index in [-0.39, 0.29) is 11.3 Å². The fourth-order valence-electron chi connectivity index (χ4n) is 1.93. The van der Waals surface area contributed by atoms with Gasteiger partial charge < -0.3 is 15.2 Å². The van der Waals surface area contributed by atoms with Crippen molar-refractivity contribution in [2.75, 3.05) is 12.4 Å². The Morgan fingerprint density at radius 1 is 1.21 bits per heavy atom. The molecular formula is C14H9F3N2O5. The van der Waals surface area contributed by atoms with Crippen LogP contribution in [0.4, 0.5) is 30.2 Å². The fourth-order valence-corrected chi connectivity index (χ4v) is 1.93. The molecule has 24 heavy (non-hydrogen) atoms. The minimum absolute atomic E-state index is 0.113. The lowest BCUT2D eigenvalue weighted by atomic mass is 10.1. The zero-order valence-electron chi connectivity index (χ0n) is 12.0. The summed E-state index contributed by atoms with van der Waals surface area (Å²) in [6, 6.07) is 5.40. The van der Waals surface area contributed by atoms with Crippen LogP contribution in [0.25, 0.3) is 0 Å². The Bertz CT molecular complexity index is 812. The van der Waals surface area contributed by atoms with Crippen LogP contribution in [0.15, 0.2) is 24.3 Å². The second kappa shape index (κ2) is 6.44. The lowest BCUT2D eigenvalue weighted by Gasteiger charge is -2.13. The van der Waals surface area contributed by atoms with Gasteiger partial charge in [-0.05, 0) is 12.1 Å². The summed E-state index contributed by atoms with van der Waals surface area (Å²) < 4.78 is 45.9. The van der Waals surface area contributed by atoms with E-state index >= 15 is 0 Å². The maximum absolute atomic E-state index is 14.0. The molecule has 10 heteroatoms. The van der Waals surface area contributed by atoms with Gasteiger partial charge in [0, 0.05) is 0 Å². The third-order valence-electron chi connectivity index (χ3n) is 3.05. The first-order valence-corrected chi connectivity index (χ1v) is 6.27. The van der Waals surface area contributed by atoms with Crippen LogP contribution in [-0.2, 0) is 4.74 Å². The number of nitrogens with one attached hydrogen (secondary N) is 1. The molecular weight excluding hydrogens is 333 g/mol. The average molecular weight is 342 g/mol. The molecule has 0 radical (unpaired) electrons. The van der Waals surface area contributed by atoms with Crippen molar-refractivity contribution in [1.82, 2.24) is 0 Å². The number of aromatic hydroxyl groups is 1. The van der Waals surface area contributed by atoms with E-state index in [4.69, 9.17) is 0 Å². The van der Waals surface area contributed by atoms with Gasteiger partial charge in [-0.25, -0.2) is 9.18 Å². The second-order valence-corrected chi connectivity index (χ2v) is 4.43. The third-order valence-corrected chi connectivity index (χ3v) is 3.05. The highest BCUT2D eigenvalue weighted by Crippen LogP contribution is 2.40. The number of carbonyl (C=O) groups excluding carboxylic acids is 1. The van der Waals surface area contributed by atoms with E-state index in [0.717, 1.165) is 7.11 Å². The number of esters is 1. The monoisotopic (exact) mass is 342 g/mol. The summed E-state index contributed by atoms with van der Waals surface area (Å²) >= 11 is 0. The summed E-state index contributed by atoms with van der Waals surface area (Å²) in [6.07, 6.45) is 0. The standard InChI is InChI=1S/C14H9F3N2O5/c1-24-14(21)6-4-2-3-5-7(6)18-11-8(15)9(16)12(19(22)23)10(17)13(11)20/h2-5,18,20H,1H3. The molecule has 0 atom stereocenters. The molecule has 0 saturated carbocycles. The highest BCUT2D eigenvalue weighted by atomic mass is 19.2. The topological polar surface area (TPSA) is 102 Å². The predicted octanol–water partition coefficient (Wildman–Crippen LogP) is 3.25. The Balaban J connectivity index is 2.61. The molecule has 0 aliphatic heterocycles. The summed E-state index contributed by atoms with van der Waals surface area (Å²) in [7, 11) is 1.09. The molecule has 2 aromatic carbocycles. The molecule has 0 fully saturated rings. The lowest BCUT2D eigenvalue weighted by Crippen LogP contribution is -2.08. The van der Waals surface area contributed by atoms with Crippen molar-refractivity contribution in [2.45, 2.75) is 0 Å². The number of halogens is 3. The van der Waals surface area contributed by atoms with Crippen LogP contribution >= 0.6 is 0 Å². The van der Waals surface area contributed by atoms with Gasteiger partial charge in [0.1, 0.15) is 5.69 Å². The number of phenolic OH excluding ortho intramolecular Hbond substituents is 1.